The van der Waals surface area contributed by atoms with Crippen LogP contribution in [0.25, 0.3) is 0 Å². The first kappa shape index (κ1) is 15.1. The summed E-state index contributed by atoms with van der Waals surface area (Å²) < 4.78 is 2.41. The molecule has 1 aliphatic carbocycles. The third-order valence-electron chi connectivity index (χ3n) is 4.82. The molecular weight excluding hydrogens is 268 g/mol. The average Bonchev–Trinajstić information content (AvgIpc) is 2.74. The van der Waals surface area contributed by atoms with E-state index >= 15 is 0 Å². The molecule has 0 amide bonds. The van der Waals surface area contributed by atoms with Crippen molar-refractivity contribution in [3.8, 4) is 0 Å². The molecule has 116 valence electrons. The molecule has 22 heavy (non-hydrogen) atoms. The van der Waals surface area contributed by atoms with Crippen molar-refractivity contribution in [3.63, 3.8) is 0 Å². The van der Waals surface area contributed by atoms with Crippen LogP contribution in [-0.2, 0) is 0 Å². The van der Waals surface area contributed by atoms with Crippen LogP contribution in [0.1, 0.15) is 34.6 Å². The second-order valence-electron chi connectivity index (χ2n) is 7.41. The van der Waals surface area contributed by atoms with E-state index in [4.69, 9.17) is 0 Å². The molecule has 0 saturated carbocycles. The van der Waals surface area contributed by atoms with Crippen LogP contribution in [0, 0.1) is 5.92 Å². The van der Waals surface area contributed by atoms with Gasteiger partial charge in [0, 0.05) is 5.92 Å². The molecule has 1 aromatic rings. The molecule has 1 heterocycles. The van der Waals surface area contributed by atoms with Crippen LogP contribution in [0.3, 0.4) is 0 Å². The molecule has 0 aromatic heterocycles. The van der Waals surface area contributed by atoms with Crippen molar-refractivity contribution in [2.45, 2.75) is 46.2 Å². The highest BCUT2D eigenvalue weighted by Crippen LogP contribution is 2.32. The topological polar surface area (TPSA) is 6.25 Å². The van der Waals surface area contributed by atoms with E-state index in [0.29, 0.717) is 12.0 Å². The van der Waals surface area contributed by atoms with Gasteiger partial charge in [-0.3, -0.25) is 4.90 Å². The van der Waals surface area contributed by atoms with Gasteiger partial charge in [-0.05, 0) is 45.4 Å². The van der Waals surface area contributed by atoms with Gasteiger partial charge < -0.3 is 0 Å². The highest BCUT2D eigenvalue weighted by molar-refractivity contribution is 5.57. The minimum absolute atomic E-state index is 0.109. The first-order valence-corrected chi connectivity index (χ1v) is 8.20. The van der Waals surface area contributed by atoms with Gasteiger partial charge in [0.15, 0.2) is 0 Å². The zero-order valence-corrected chi connectivity index (χ0v) is 14.4. The maximum atomic E-state index is 2.52. The molecule has 1 unspecified atom stereocenters. The maximum absolute atomic E-state index is 2.52. The van der Waals surface area contributed by atoms with Crippen LogP contribution in [-0.4, -0.2) is 33.9 Å². The van der Waals surface area contributed by atoms with E-state index in [0.717, 1.165) is 6.54 Å². The van der Waals surface area contributed by atoms with Crippen LogP contribution < -0.4 is 0 Å². The van der Waals surface area contributed by atoms with Crippen molar-refractivity contribution in [3.05, 3.63) is 53.6 Å². The number of allylic oxidation sites excluding steroid dienone is 2. The number of nitrogens with zero attached hydrogens (tertiary/aromatic N) is 2. The number of rotatable bonds is 2. The minimum Gasteiger partial charge on any atom is -0.256 e. The predicted octanol–water partition coefficient (Wildman–Crippen LogP) is 4.36. The predicted molar refractivity (Wildman–Crippen MR) is 93.7 cm³/mol. The van der Waals surface area contributed by atoms with Crippen molar-refractivity contribution < 1.29 is 4.58 Å². The Morgan fingerprint density at radius 3 is 2.45 bits per heavy atom. The Kier molecular flexibility index (Phi) is 3.72. The first-order valence-electron chi connectivity index (χ1n) is 8.20. The Labute approximate surface area is 134 Å². The van der Waals surface area contributed by atoms with E-state index in [1.807, 2.05) is 0 Å². The fourth-order valence-corrected chi connectivity index (χ4v) is 4.02. The van der Waals surface area contributed by atoms with Crippen molar-refractivity contribution in [2.75, 3.05) is 6.54 Å². The molecular formula is C20H27N2+. The second kappa shape index (κ2) is 5.42. The Balaban J connectivity index is 1.95. The number of hydrogen-bond acceptors (Lipinski definition) is 1. The van der Waals surface area contributed by atoms with Gasteiger partial charge in [0.1, 0.15) is 23.8 Å². The summed E-state index contributed by atoms with van der Waals surface area (Å²) in [6, 6.07) is 11.2. The van der Waals surface area contributed by atoms with Crippen LogP contribution in [0.2, 0.25) is 0 Å². The van der Waals surface area contributed by atoms with Crippen LogP contribution >= 0.6 is 0 Å². The standard InChI is InChI=1S/C20H27N2/c1-15-11-16(2)19(17(3)12-15)21-13-20(4,5)22(14-21)18-9-7-6-8-10-18/h6-12,14,16,19H,13H2,1-5H3/q+1/t16?,19-/m0/s1. The SMILES string of the molecule is CC1=CC(C)[C@H](N2C=[N+](c3ccccc3)C(C)(C)C2)C(C)=C1. The summed E-state index contributed by atoms with van der Waals surface area (Å²) in [6.45, 7) is 12.5. The number of hydrogen-bond donors (Lipinski definition) is 0. The van der Waals surface area contributed by atoms with E-state index < -0.39 is 0 Å². The quantitative estimate of drug-likeness (QED) is 0.735. The minimum atomic E-state index is 0.109. The van der Waals surface area contributed by atoms with Gasteiger partial charge in [-0.15, -0.1) is 0 Å². The normalized spacial score (nSPS) is 27.3. The number of para-hydroxylation sites is 1. The second-order valence-corrected chi connectivity index (χ2v) is 7.41. The molecule has 2 aliphatic rings. The fourth-order valence-electron chi connectivity index (χ4n) is 4.02. The van der Waals surface area contributed by atoms with Crippen LogP contribution in [0.15, 0.2) is 53.6 Å². The molecule has 3 rings (SSSR count). The summed E-state index contributed by atoms with van der Waals surface area (Å²) in [5, 5.41) is 0. The van der Waals surface area contributed by atoms with Crippen molar-refractivity contribution >= 4 is 12.0 Å². The summed E-state index contributed by atoms with van der Waals surface area (Å²) in [7, 11) is 0. The molecule has 0 bridgehead atoms. The van der Waals surface area contributed by atoms with E-state index in [9.17, 15) is 0 Å². The number of benzene rings is 1. The summed E-state index contributed by atoms with van der Waals surface area (Å²) in [6.07, 6.45) is 7.04. The van der Waals surface area contributed by atoms with Gasteiger partial charge in [0.05, 0.1) is 0 Å². The molecule has 1 aliphatic heterocycles. The van der Waals surface area contributed by atoms with E-state index in [1.54, 1.807) is 0 Å². The zero-order chi connectivity index (χ0) is 15.9. The van der Waals surface area contributed by atoms with E-state index in [-0.39, 0.29) is 5.54 Å². The van der Waals surface area contributed by atoms with Gasteiger partial charge in [0.25, 0.3) is 0 Å². The maximum Gasteiger partial charge on any atom is 0.240 e. The summed E-state index contributed by atoms with van der Waals surface area (Å²) >= 11 is 0. The van der Waals surface area contributed by atoms with Gasteiger partial charge in [0.2, 0.25) is 6.34 Å². The lowest BCUT2D eigenvalue weighted by molar-refractivity contribution is -0.508. The molecule has 2 atom stereocenters. The Morgan fingerprint density at radius 2 is 1.82 bits per heavy atom. The lowest BCUT2D eigenvalue weighted by Gasteiger charge is -2.30. The van der Waals surface area contributed by atoms with Crippen LogP contribution in [0.4, 0.5) is 5.69 Å². The summed E-state index contributed by atoms with van der Waals surface area (Å²) in [5.41, 5.74) is 4.23. The molecule has 0 spiro atoms. The zero-order valence-electron chi connectivity index (χ0n) is 14.4. The van der Waals surface area contributed by atoms with Crippen LogP contribution in [0.5, 0.6) is 0 Å². The van der Waals surface area contributed by atoms with Gasteiger partial charge in [-0.1, -0.05) is 42.8 Å². The molecule has 1 aromatic carbocycles. The first-order chi connectivity index (χ1) is 10.4. The smallest absolute Gasteiger partial charge is 0.240 e. The summed E-state index contributed by atoms with van der Waals surface area (Å²) in [5.74, 6) is 0.549. The average molecular weight is 295 g/mol. The molecule has 0 saturated heterocycles. The lowest BCUT2D eigenvalue weighted by atomic mass is 9.86. The Hall–Kier alpha value is -1.83. The lowest BCUT2D eigenvalue weighted by Crippen LogP contribution is -2.42. The third kappa shape index (κ3) is 2.63. The highest BCUT2D eigenvalue weighted by Gasteiger charge is 2.44. The van der Waals surface area contributed by atoms with E-state index in [1.165, 1.54) is 16.8 Å². The third-order valence-corrected chi connectivity index (χ3v) is 4.82. The molecule has 0 N–H and O–H groups in total. The monoisotopic (exact) mass is 295 g/mol. The van der Waals surface area contributed by atoms with Gasteiger partial charge in [-0.2, -0.15) is 0 Å². The molecule has 2 nitrogen and oxygen atoms in total. The molecule has 0 radical (unpaired) electrons. The highest BCUT2D eigenvalue weighted by atomic mass is 15.3. The summed E-state index contributed by atoms with van der Waals surface area (Å²) in [4.78, 5) is 2.52. The largest absolute Gasteiger partial charge is 0.256 e. The van der Waals surface area contributed by atoms with Crippen molar-refractivity contribution in [2.24, 2.45) is 5.92 Å². The van der Waals surface area contributed by atoms with Gasteiger partial charge >= 0.3 is 0 Å². The van der Waals surface area contributed by atoms with Crippen molar-refractivity contribution in [1.82, 2.24) is 4.90 Å². The molecule has 2 heteroatoms. The fraction of sp³-hybridized carbons (Fsp3) is 0.450. The Morgan fingerprint density at radius 1 is 1.14 bits per heavy atom. The van der Waals surface area contributed by atoms with E-state index in [2.05, 4.69) is 92.9 Å². The van der Waals surface area contributed by atoms with Crippen molar-refractivity contribution in [1.29, 1.82) is 0 Å². The Bertz CT molecular complexity index is 650. The van der Waals surface area contributed by atoms with Gasteiger partial charge in [-0.25, -0.2) is 4.58 Å². The molecule has 0 fully saturated rings.